The fourth-order valence-corrected chi connectivity index (χ4v) is 0.881. The van der Waals surface area contributed by atoms with Gasteiger partial charge in [0.25, 0.3) is 0 Å². The summed E-state index contributed by atoms with van der Waals surface area (Å²) in [4.78, 5) is 3.71. The number of hydrogen-bond donors (Lipinski definition) is 1. The standard InChI is InChI=1S/C7H10F3N3O/c8-7(9,10)5-14-4-3-13-2-1-12-6(13)11/h1-2H,3-5H2,(H2,11,12). The Morgan fingerprint density at radius 2 is 2.21 bits per heavy atom. The minimum atomic E-state index is -4.28. The van der Waals surface area contributed by atoms with Gasteiger partial charge < -0.3 is 15.0 Å². The van der Waals surface area contributed by atoms with E-state index in [0.717, 1.165) is 0 Å². The third-order valence-electron chi connectivity index (χ3n) is 1.49. The van der Waals surface area contributed by atoms with E-state index in [1.54, 1.807) is 6.20 Å². The normalized spacial score (nSPS) is 11.9. The van der Waals surface area contributed by atoms with Crippen molar-refractivity contribution in [1.82, 2.24) is 9.55 Å². The molecule has 14 heavy (non-hydrogen) atoms. The third kappa shape index (κ3) is 3.65. The molecule has 4 nitrogen and oxygen atoms in total. The summed E-state index contributed by atoms with van der Waals surface area (Å²) in [5, 5.41) is 0. The lowest BCUT2D eigenvalue weighted by atomic mass is 10.6. The third-order valence-corrected chi connectivity index (χ3v) is 1.49. The number of ether oxygens (including phenoxy) is 1. The van der Waals surface area contributed by atoms with Crippen molar-refractivity contribution in [2.24, 2.45) is 0 Å². The van der Waals surface area contributed by atoms with Crippen LogP contribution in [0.1, 0.15) is 0 Å². The predicted octanol–water partition coefficient (Wildman–Crippen LogP) is 1.04. The number of nitrogens with two attached hydrogens (primary N) is 1. The highest BCUT2D eigenvalue weighted by Crippen LogP contribution is 2.14. The van der Waals surface area contributed by atoms with Crippen molar-refractivity contribution in [3.8, 4) is 0 Å². The molecule has 0 bridgehead atoms. The van der Waals surface area contributed by atoms with Gasteiger partial charge in [0, 0.05) is 18.9 Å². The van der Waals surface area contributed by atoms with E-state index < -0.39 is 12.8 Å². The van der Waals surface area contributed by atoms with Crippen LogP contribution in [-0.2, 0) is 11.3 Å². The van der Waals surface area contributed by atoms with Gasteiger partial charge >= 0.3 is 6.18 Å². The number of aromatic nitrogens is 2. The van der Waals surface area contributed by atoms with Gasteiger partial charge in [-0.3, -0.25) is 0 Å². The van der Waals surface area contributed by atoms with E-state index in [2.05, 4.69) is 9.72 Å². The van der Waals surface area contributed by atoms with Crippen LogP contribution < -0.4 is 5.73 Å². The van der Waals surface area contributed by atoms with Crippen LogP contribution in [0.5, 0.6) is 0 Å². The number of nitrogens with zero attached hydrogens (tertiary/aromatic N) is 2. The summed E-state index contributed by atoms with van der Waals surface area (Å²) in [6.45, 7) is -1.01. The van der Waals surface area contributed by atoms with Gasteiger partial charge in [-0.05, 0) is 0 Å². The maximum Gasteiger partial charge on any atom is 0.411 e. The van der Waals surface area contributed by atoms with Crippen molar-refractivity contribution in [3.05, 3.63) is 12.4 Å². The molecule has 0 fully saturated rings. The fourth-order valence-electron chi connectivity index (χ4n) is 0.881. The maximum atomic E-state index is 11.6. The van der Waals surface area contributed by atoms with E-state index in [1.807, 2.05) is 0 Å². The summed E-state index contributed by atoms with van der Waals surface area (Å²) >= 11 is 0. The van der Waals surface area contributed by atoms with E-state index in [4.69, 9.17) is 5.73 Å². The van der Waals surface area contributed by atoms with Crippen LogP contribution >= 0.6 is 0 Å². The largest absolute Gasteiger partial charge is 0.411 e. The number of halogens is 3. The number of imidazole rings is 1. The number of nitrogen functional groups attached to an aromatic ring is 1. The Labute approximate surface area is 78.5 Å². The van der Waals surface area contributed by atoms with E-state index in [0.29, 0.717) is 0 Å². The number of hydrogen-bond acceptors (Lipinski definition) is 3. The molecule has 0 aromatic carbocycles. The van der Waals surface area contributed by atoms with Gasteiger partial charge in [0.05, 0.1) is 6.61 Å². The highest BCUT2D eigenvalue weighted by Gasteiger charge is 2.27. The van der Waals surface area contributed by atoms with Gasteiger partial charge in [0.1, 0.15) is 6.61 Å². The molecule has 1 aromatic rings. The van der Waals surface area contributed by atoms with Crippen LogP contribution in [0.3, 0.4) is 0 Å². The number of anilines is 1. The zero-order valence-electron chi connectivity index (χ0n) is 7.29. The van der Waals surface area contributed by atoms with Crippen LogP contribution in [0.2, 0.25) is 0 Å². The molecule has 0 amide bonds. The summed E-state index contributed by atoms with van der Waals surface area (Å²) in [6, 6.07) is 0. The number of rotatable bonds is 4. The first-order valence-electron chi connectivity index (χ1n) is 3.90. The minimum absolute atomic E-state index is 0.0416. The summed E-state index contributed by atoms with van der Waals surface area (Å²) in [5.41, 5.74) is 5.38. The molecule has 0 saturated carbocycles. The zero-order valence-corrected chi connectivity index (χ0v) is 7.29. The number of alkyl halides is 3. The molecule has 7 heteroatoms. The monoisotopic (exact) mass is 209 g/mol. The Hall–Kier alpha value is -1.24. The van der Waals surface area contributed by atoms with Crippen LogP contribution in [0.25, 0.3) is 0 Å². The first-order chi connectivity index (χ1) is 6.49. The summed E-state index contributed by atoms with van der Waals surface area (Å²) in [5.74, 6) is 0.264. The second-order valence-electron chi connectivity index (χ2n) is 2.65. The molecule has 0 atom stereocenters. The smallest absolute Gasteiger partial charge is 0.370 e. The van der Waals surface area contributed by atoms with Gasteiger partial charge in [-0.1, -0.05) is 0 Å². The van der Waals surface area contributed by atoms with Crippen molar-refractivity contribution in [2.75, 3.05) is 18.9 Å². The van der Waals surface area contributed by atoms with Crippen molar-refractivity contribution in [3.63, 3.8) is 0 Å². The Morgan fingerprint density at radius 1 is 1.50 bits per heavy atom. The molecule has 0 saturated heterocycles. The molecule has 80 valence electrons. The van der Waals surface area contributed by atoms with Crippen molar-refractivity contribution >= 4 is 5.95 Å². The van der Waals surface area contributed by atoms with Crippen LogP contribution in [0, 0.1) is 0 Å². The van der Waals surface area contributed by atoms with Gasteiger partial charge in [-0.25, -0.2) is 4.98 Å². The summed E-state index contributed by atoms with van der Waals surface area (Å²) in [7, 11) is 0. The molecule has 0 aliphatic heterocycles. The van der Waals surface area contributed by atoms with Gasteiger partial charge in [0.15, 0.2) is 5.95 Å². The van der Waals surface area contributed by atoms with Crippen molar-refractivity contribution in [1.29, 1.82) is 0 Å². The molecular weight excluding hydrogens is 199 g/mol. The molecule has 0 unspecified atom stereocenters. The summed E-state index contributed by atoms with van der Waals surface area (Å²) in [6.07, 6.45) is -1.23. The highest BCUT2D eigenvalue weighted by molar-refractivity contribution is 5.16. The highest BCUT2D eigenvalue weighted by atomic mass is 19.4. The lowest BCUT2D eigenvalue weighted by Crippen LogP contribution is -2.19. The SMILES string of the molecule is Nc1nccn1CCOCC(F)(F)F. The quantitative estimate of drug-likeness (QED) is 0.754. The van der Waals surface area contributed by atoms with Gasteiger partial charge in [-0.2, -0.15) is 13.2 Å². The van der Waals surface area contributed by atoms with Gasteiger partial charge in [0.2, 0.25) is 0 Å². The van der Waals surface area contributed by atoms with Crippen LogP contribution in [0.4, 0.5) is 19.1 Å². The molecule has 0 aliphatic rings. The van der Waals surface area contributed by atoms with Crippen LogP contribution in [0.15, 0.2) is 12.4 Å². The fraction of sp³-hybridized carbons (Fsp3) is 0.571. The Bertz CT molecular complexity index is 284. The molecule has 1 heterocycles. The second-order valence-corrected chi connectivity index (χ2v) is 2.65. The van der Waals surface area contributed by atoms with Crippen LogP contribution in [-0.4, -0.2) is 28.9 Å². The zero-order chi connectivity index (χ0) is 10.6. The molecule has 1 aromatic heterocycles. The average Bonchev–Trinajstić information content (AvgIpc) is 2.44. The Balaban J connectivity index is 2.20. The Morgan fingerprint density at radius 3 is 2.71 bits per heavy atom. The van der Waals surface area contributed by atoms with E-state index in [9.17, 15) is 13.2 Å². The first-order valence-corrected chi connectivity index (χ1v) is 3.90. The van der Waals surface area contributed by atoms with Crippen molar-refractivity contribution in [2.45, 2.75) is 12.7 Å². The molecule has 0 radical (unpaired) electrons. The maximum absolute atomic E-state index is 11.6. The topological polar surface area (TPSA) is 53.1 Å². The second kappa shape index (κ2) is 4.32. The molecular formula is C7H10F3N3O. The molecule has 1 rings (SSSR count). The predicted molar refractivity (Wildman–Crippen MR) is 43.5 cm³/mol. The average molecular weight is 209 g/mol. The van der Waals surface area contributed by atoms with Gasteiger partial charge in [-0.15, -0.1) is 0 Å². The van der Waals surface area contributed by atoms with Crippen molar-refractivity contribution < 1.29 is 17.9 Å². The molecule has 0 spiro atoms. The van der Waals surface area contributed by atoms with E-state index in [1.165, 1.54) is 10.8 Å². The first kappa shape index (κ1) is 10.8. The summed E-state index contributed by atoms with van der Waals surface area (Å²) < 4.78 is 40.8. The molecule has 2 N–H and O–H groups in total. The van der Waals surface area contributed by atoms with E-state index >= 15 is 0 Å². The minimum Gasteiger partial charge on any atom is -0.370 e. The Kier molecular flexibility index (Phi) is 3.34. The molecule has 0 aliphatic carbocycles. The lowest BCUT2D eigenvalue weighted by molar-refractivity contribution is -0.174. The lowest BCUT2D eigenvalue weighted by Gasteiger charge is -2.08. The van der Waals surface area contributed by atoms with E-state index in [-0.39, 0.29) is 19.1 Å².